The highest BCUT2D eigenvalue weighted by atomic mass is 32.1. The number of nitrogens with two attached hydrogens (primary N) is 1. The summed E-state index contributed by atoms with van der Waals surface area (Å²) in [5.41, 5.74) is 8.78. The molecule has 4 N–H and O–H groups in total. The van der Waals surface area contributed by atoms with Gasteiger partial charge in [0.25, 0.3) is 11.8 Å². The Labute approximate surface area is 177 Å². The molecule has 1 unspecified atom stereocenters. The molecule has 154 valence electrons. The first-order valence-corrected chi connectivity index (χ1v) is 10.0. The molecule has 2 amide bonds. The van der Waals surface area contributed by atoms with E-state index in [-0.39, 0.29) is 5.91 Å². The average molecular weight is 423 g/mol. The third-order valence-corrected chi connectivity index (χ3v) is 5.27. The van der Waals surface area contributed by atoms with Crippen LogP contribution in [0.2, 0.25) is 0 Å². The van der Waals surface area contributed by atoms with Gasteiger partial charge in [-0.1, -0.05) is 24.3 Å². The van der Waals surface area contributed by atoms with Crippen molar-refractivity contribution >= 4 is 40.5 Å². The Balaban J connectivity index is 1.79. The molecule has 0 saturated heterocycles. The average Bonchev–Trinajstić information content (AvgIpc) is 3.28. The molecule has 1 atom stereocenters. The number of hydrogen-bond acceptors (Lipinski definition) is 6. The first kappa shape index (κ1) is 21.1. The van der Waals surface area contributed by atoms with Gasteiger partial charge in [0, 0.05) is 30.0 Å². The van der Waals surface area contributed by atoms with E-state index in [0.717, 1.165) is 10.4 Å². The maximum absolute atomic E-state index is 12.7. The fraction of sp³-hybridized carbons (Fsp3) is 0.136. The molecule has 0 aliphatic heterocycles. The predicted octanol–water partition coefficient (Wildman–Crippen LogP) is 3.60. The van der Waals surface area contributed by atoms with Crippen LogP contribution in [0.25, 0.3) is 10.4 Å². The molecule has 8 heteroatoms. The fourth-order valence-electron chi connectivity index (χ4n) is 2.83. The molecule has 0 aliphatic rings. The summed E-state index contributed by atoms with van der Waals surface area (Å²) in [6, 6.07) is 15.7. The van der Waals surface area contributed by atoms with Crippen LogP contribution < -0.4 is 16.4 Å². The monoisotopic (exact) mass is 423 g/mol. The second-order valence-electron chi connectivity index (χ2n) is 6.46. The summed E-state index contributed by atoms with van der Waals surface area (Å²) in [6.07, 6.45) is -1.08. The fourth-order valence-corrected chi connectivity index (χ4v) is 3.56. The zero-order chi connectivity index (χ0) is 21.7. The van der Waals surface area contributed by atoms with Gasteiger partial charge in [0.2, 0.25) is 6.10 Å². The van der Waals surface area contributed by atoms with Crippen molar-refractivity contribution in [2.45, 2.75) is 13.0 Å². The van der Waals surface area contributed by atoms with E-state index >= 15 is 0 Å². The Bertz CT molecular complexity index is 1060. The maximum atomic E-state index is 12.7. The first-order valence-electron chi connectivity index (χ1n) is 9.12. The highest BCUT2D eigenvalue weighted by Gasteiger charge is 2.23. The number of hydrogen-bond donors (Lipinski definition) is 3. The lowest BCUT2D eigenvalue weighted by atomic mass is 10.1. The quantitative estimate of drug-likeness (QED) is 0.414. The van der Waals surface area contributed by atoms with Gasteiger partial charge < -0.3 is 21.1 Å². The number of carbonyl (C=O) groups excluding carboxylic acids is 3. The van der Waals surface area contributed by atoms with Gasteiger partial charge in [0.1, 0.15) is 0 Å². The molecular weight excluding hydrogens is 402 g/mol. The van der Waals surface area contributed by atoms with Crippen molar-refractivity contribution in [1.29, 1.82) is 0 Å². The molecule has 0 aliphatic carbocycles. The maximum Gasteiger partial charge on any atom is 0.303 e. The number of amides is 2. The highest BCUT2D eigenvalue weighted by molar-refractivity contribution is 7.13. The van der Waals surface area contributed by atoms with E-state index in [1.165, 1.54) is 14.0 Å². The molecular formula is C22H21N3O4S. The summed E-state index contributed by atoms with van der Waals surface area (Å²) in [5.74, 6) is -1.38. The minimum Gasteiger partial charge on any atom is -0.447 e. The van der Waals surface area contributed by atoms with Crippen LogP contribution in [0.1, 0.15) is 28.9 Å². The van der Waals surface area contributed by atoms with E-state index in [9.17, 15) is 14.4 Å². The second-order valence-corrected chi connectivity index (χ2v) is 7.41. The van der Waals surface area contributed by atoms with Gasteiger partial charge in [-0.05, 0) is 41.3 Å². The lowest BCUT2D eigenvalue weighted by molar-refractivity contribution is -0.154. The van der Waals surface area contributed by atoms with Crippen LogP contribution >= 0.6 is 11.3 Å². The molecule has 1 heterocycles. The van der Waals surface area contributed by atoms with Gasteiger partial charge in [-0.15, -0.1) is 11.3 Å². The van der Waals surface area contributed by atoms with Crippen LogP contribution in [-0.2, 0) is 14.3 Å². The third-order valence-electron chi connectivity index (χ3n) is 4.35. The van der Waals surface area contributed by atoms with E-state index in [0.29, 0.717) is 22.5 Å². The van der Waals surface area contributed by atoms with Crippen molar-refractivity contribution in [3.63, 3.8) is 0 Å². The van der Waals surface area contributed by atoms with Crippen LogP contribution in [0.5, 0.6) is 0 Å². The molecule has 0 spiro atoms. The van der Waals surface area contributed by atoms with Gasteiger partial charge >= 0.3 is 5.97 Å². The normalized spacial score (nSPS) is 11.4. The zero-order valence-electron chi connectivity index (χ0n) is 16.5. The molecule has 0 saturated carbocycles. The molecule has 2 aromatic carbocycles. The van der Waals surface area contributed by atoms with Crippen molar-refractivity contribution < 1.29 is 19.1 Å². The third kappa shape index (κ3) is 4.84. The number of benzene rings is 2. The van der Waals surface area contributed by atoms with Crippen LogP contribution in [0, 0.1) is 0 Å². The van der Waals surface area contributed by atoms with Gasteiger partial charge in [0.05, 0.1) is 11.4 Å². The van der Waals surface area contributed by atoms with Crippen LogP contribution in [0.3, 0.4) is 0 Å². The molecule has 0 radical (unpaired) electrons. The number of likely N-dealkylation sites (N-methyl/N-ethyl adjacent to an activating group) is 1. The van der Waals surface area contributed by atoms with Gasteiger partial charge in [0.15, 0.2) is 0 Å². The summed E-state index contributed by atoms with van der Waals surface area (Å²) in [4.78, 5) is 37.0. The van der Waals surface area contributed by atoms with Crippen molar-refractivity contribution in [3.8, 4) is 10.4 Å². The minimum absolute atomic E-state index is 0.347. The van der Waals surface area contributed by atoms with Crippen molar-refractivity contribution in [1.82, 2.24) is 5.32 Å². The van der Waals surface area contributed by atoms with Gasteiger partial charge in [-0.2, -0.15) is 0 Å². The number of nitrogen functional groups attached to an aromatic ring is 1. The summed E-state index contributed by atoms with van der Waals surface area (Å²) < 4.78 is 5.08. The van der Waals surface area contributed by atoms with Crippen LogP contribution in [0.15, 0.2) is 60.0 Å². The topological polar surface area (TPSA) is 111 Å². The van der Waals surface area contributed by atoms with Crippen molar-refractivity contribution in [2.24, 2.45) is 0 Å². The number of anilines is 2. The first-order chi connectivity index (χ1) is 14.4. The molecule has 1 aromatic heterocycles. The molecule has 3 rings (SSSR count). The number of thiophene rings is 1. The number of esters is 1. The summed E-state index contributed by atoms with van der Waals surface area (Å²) in [5, 5.41) is 7.25. The van der Waals surface area contributed by atoms with Gasteiger partial charge in [-0.3, -0.25) is 14.4 Å². The Hall–Kier alpha value is -3.65. The largest absolute Gasteiger partial charge is 0.447 e. The van der Waals surface area contributed by atoms with E-state index in [2.05, 4.69) is 10.6 Å². The SMILES string of the molecule is CNC(=O)C(OC(C)=O)c1ccc(C(=O)Nc2cc(-c3cccs3)ccc2N)cc1. The Morgan fingerprint density at radius 2 is 1.80 bits per heavy atom. The predicted molar refractivity (Wildman–Crippen MR) is 117 cm³/mol. The van der Waals surface area contributed by atoms with Gasteiger partial charge in [-0.25, -0.2) is 0 Å². The minimum atomic E-state index is -1.08. The smallest absolute Gasteiger partial charge is 0.303 e. The zero-order valence-corrected chi connectivity index (χ0v) is 17.3. The summed E-state index contributed by atoms with van der Waals surface area (Å²) in [7, 11) is 1.45. The number of carbonyl (C=O) groups is 3. The van der Waals surface area contributed by atoms with E-state index in [4.69, 9.17) is 10.5 Å². The molecule has 30 heavy (non-hydrogen) atoms. The molecule has 7 nitrogen and oxygen atoms in total. The lowest BCUT2D eigenvalue weighted by Crippen LogP contribution is -2.28. The highest BCUT2D eigenvalue weighted by Crippen LogP contribution is 2.30. The number of rotatable bonds is 6. The Kier molecular flexibility index (Phi) is 6.48. The number of ether oxygens (including phenoxy) is 1. The van der Waals surface area contributed by atoms with E-state index in [1.54, 1.807) is 41.7 Å². The second kappa shape index (κ2) is 9.23. The Morgan fingerprint density at radius 1 is 1.07 bits per heavy atom. The molecule has 0 fully saturated rings. The van der Waals surface area contributed by atoms with Crippen molar-refractivity contribution in [2.75, 3.05) is 18.1 Å². The lowest BCUT2D eigenvalue weighted by Gasteiger charge is -2.16. The van der Waals surface area contributed by atoms with E-state index < -0.39 is 18.0 Å². The standard InChI is InChI=1S/C22H21N3O4S/c1-13(26)29-20(22(28)24-2)14-5-7-15(8-6-14)21(27)25-18-12-16(9-10-17(18)23)19-4-3-11-30-19/h3-12,20H,23H2,1-2H3,(H,24,28)(H,25,27). The Morgan fingerprint density at radius 3 is 2.40 bits per heavy atom. The van der Waals surface area contributed by atoms with E-state index in [1.807, 2.05) is 29.6 Å². The van der Waals surface area contributed by atoms with Crippen molar-refractivity contribution in [3.05, 3.63) is 71.1 Å². The summed E-state index contributed by atoms with van der Waals surface area (Å²) in [6.45, 7) is 1.23. The molecule has 3 aromatic rings. The van der Waals surface area contributed by atoms with Crippen LogP contribution in [-0.4, -0.2) is 24.8 Å². The molecule has 0 bridgehead atoms. The van der Waals surface area contributed by atoms with Crippen LogP contribution in [0.4, 0.5) is 11.4 Å². The summed E-state index contributed by atoms with van der Waals surface area (Å²) >= 11 is 1.60. The number of nitrogens with one attached hydrogen (secondary N) is 2.